The molecule has 1 N–H and O–H groups in total. The van der Waals surface area contributed by atoms with Crippen molar-refractivity contribution in [3.05, 3.63) is 76.5 Å². The first-order chi connectivity index (χ1) is 12.2. The number of hydrogen-bond donors (Lipinski definition) is 1. The molecule has 1 amide bonds. The van der Waals surface area contributed by atoms with Gasteiger partial charge in [-0.05, 0) is 49.4 Å². The number of halogens is 1. The third-order valence-electron chi connectivity index (χ3n) is 3.62. The van der Waals surface area contributed by atoms with Crippen molar-refractivity contribution >= 4 is 21.8 Å². The Morgan fingerprint density at radius 2 is 1.92 bits per heavy atom. The van der Waals surface area contributed by atoms with Crippen LogP contribution in [0.3, 0.4) is 0 Å². The summed E-state index contributed by atoms with van der Waals surface area (Å²) in [5.74, 6) is 2.00. The van der Waals surface area contributed by atoms with Crippen molar-refractivity contribution < 1.29 is 13.9 Å². The Labute approximate surface area is 154 Å². The number of benzene rings is 2. The van der Waals surface area contributed by atoms with Gasteiger partial charge in [-0.25, -0.2) is 0 Å². The number of furan rings is 1. The second kappa shape index (κ2) is 8.03. The van der Waals surface area contributed by atoms with Gasteiger partial charge in [-0.3, -0.25) is 4.79 Å². The lowest BCUT2D eigenvalue weighted by molar-refractivity contribution is 0.0947. The second-order valence-electron chi connectivity index (χ2n) is 5.42. The number of carbonyl (C=O) groups excluding carboxylic acids is 1. The zero-order valence-corrected chi connectivity index (χ0v) is 15.4. The van der Waals surface area contributed by atoms with E-state index in [9.17, 15) is 4.79 Å². The van der Waals surface area contributed by atoms with Crippen molar-refractivity contribution in [2.45, 2.75) is 13.5 Å². The van der Waals surface area contributed by atoms with Crippen molar-refractivity contribution in [2.75, 3.05) is 6.61 Å². The summed E-state index contributed by atoms with van der Waals surface area (Å²) in [5.41, 5.74) is 1.55. The minimum Gasteiger partial charge on any atom is -0.494 e. The first kappa shape index (κ1) is 17.3. The van der Waals surface area contributed by atoms with E-state index in [1.807, 2.05) is 49.4 Å². The van der Waals surface area contributed by atoms with Crippen LogP contribution in [0.4, 0.5) is 0 Å². The monoisotopic (exact) mass is 399 g/mol. The molecule has 0 unspecified atom stereocenters. The summed E-state index contributed by atoms with van der Waals surface area (Å²) < 4.78 is 12.2. The van der Waals surface area contributed by atoms with Crippen molar-refractivity contribution in [3.63, 3.8) is 0 Å². The van der Waals surface area contributed by atoms with Crippen LogP contribution in [0.2, 0.25) is 0 Å². The molecule has 0 aliphatic heterocycles. The third-order valence-corrected chi connectivity index (χ3v) is 4.15. The average molecular weight is 400 g/mol. The van der Waals surface area contributed by atoms with E-state index < -0.39 is 0 Å². The fraction of sp³-hybridized carbons (Fsp3) is 0.150. The zero-order chi connectivity index (χ0) is 17.6. The van der Waals surface area contributed by atoms with Gasteiger partial charge in [0.1, 0.15) is 17.3 Å². The second-order valence-corrected chi connectivity index (χ2v) is 6.33. The number of carbonyl (C=O) groups is 1. The van der Waals surface area contributed by atoms with Gasteiger partial charge in [0.05, 0.1) is 13.2 Å². The van der Waals surface area contributed by atoms with Crippen LogP contribution in [0.25, 0.3) is 11.3 Å². The Hall–Kier alpha value is -2.53. The van der Waals surface area contributed by atoms with Crippen molar-refractivity contribution in [1.82, 2.24) is 5.32 Å². The molecule has 5 heteroatoms. The molecule has 0 bridgehead atoms. The lowest BCUT2D eigenvalue weighted by Crippen LogP contribution is -2.22. The molecule has 3 aromatic rings. The molecule has 0 aliphatic rings. The topological polar surface area (TPSA) is 51.5 Å². The maximum absolute atomic E-state index is 12.3. The summed E-state index contributed by atoms with van der Waals surface area (Å²) in [5, 5.41) is 2.86. The van der Waals surface area contributed by atoms with Crippen LogP contribution in [0, 0.1) is 0 Å². The highest BCUT2D eigenvalue weighted by Gasteiger charge is 2.09. The van der Waals surface area contributed by atoms with Crippen LogP contribution < -0.4 is 10.1 Å². The molecule has 0 atom stereocenters. The molecular weight excluding hydrogens is 382 g/mol. The molecule has 0 aliphatic carbocycles. The molecule has 3 rings (SSSR count). The van der Waals surface area contributed by atoms with Gasteiger partial charge < -0.3 is 14.5 Å². The molecule has 0 saturated heterocycles. The highest BCUT2D eigenvalue weighted by Crippen LogP contribution is 2.24. The van der Waals surface area contributed by atoms with Gasteiger partial charge in [0.25, 0.3) is 5.91 Å². The van der Waals surface area contributed by atoms with E-state index in [0.717, 1.165) is 15.8 Å². The van der Waals surface area contributed by atoms with Crippen molar-refractivity contribution in [1.29, 1.82) is 0 Å². The lowest BCUT2D eigenvalue weighted by Gasteiger charge is -2.06. The fourth-order valence-corrected chi connectivity index (χ4v) is 2.67. The molecule has 2 aromatic carbocycles. The number of ether oxygens (including phenoxy) is 1. The van der Waals surface area contributed by atoms with E-state index in [0.29, 0.717) is 30.2 Å². The third kappa shape index (κ3) is 4.51. The molecule has 0 spiro atoms. The summed E-state index contributed by atoms with van der Waals surface area (Å²) in [6.07, 6.45) is 0. The molecule has 0 fully saturated rings. The van der Waals surface area contributed by atoms with Crippen LogP contribution in [0.15, 0.2) is 69.6 Å². The molecule has 1 aromatic heterocycles. The molecule has 25 heavy (non-hydrogen) atoms. The molecule has 0 saturated carbocycles. The first-order valence-corrected chi connectivity index (χ1v) is 8.80. The Kier molecular flexibility index (Phi) is 5.56. The van der Waals surface area contributed by atoms with Crippen molar-refractivity contribution in [3.8, 4) is 17.1 Å². The minimum atomic E-state index is -0.164. The molecule has 1 heterocycles. The Morgan fingerprint density at radius 3 is 2.68 bits per heavy atom. The molecule has 0 radical (unpaired) electrons. The lowest BCUT2D eigenvalue weighted by atomic mass is 10.2. The molecule has 128 valence electrons. The van der Waals surface area contributed by atoms with E-state index in [4.69, 9.17) is 9.15 Å². The Bertz CT molecular complexity index is 855. The summed E-state index contributed by atoms with van der Waals surface area (Å²) >= 11 is 3.41. The SMILES string of the molecule is CCOc1cccc(C(=O)NCc2ccc(-c3ccc(Br)cc3)o2)c1. The highest BCUT2D eigenvalue weighted by molar-refractivity contribution is 9.10. The quantitative estimate of drug-likeness (QED) is 0.631. The van der Waals surface area contributed by atoms with Gasteiger partial charge >= 0.3 is 0 Å². The van der Waals surface area contributed by atoms with E-state index in [1.54, 1.807) is 18.2 Å². The van der Waals surface area contributed by atoms with E-state index in [2.05, 4.69) is 21.2 Å². The van der Waals surface area contributed by atoms with E-state index in [1.165, 1.54) is 0 Å². The summed E-state index contributed by atoms with van der Waals surface area (Å²) in [4.78, 5) is 12.3. The van der Waals surface area contributed by atoms with Gasteiger partial charge in [0.15, 0.2) is 0 Å². The first-order valence-electron chi connectivity index (χ1n) is 8.01. The minimum absolute atomic E-state index is 0.164. The standard InChI is InChI=1S/C20H18BrNO3/c1-2-24-17-5-3-4-15(12-17)20(23)22-13-18-10-11-19(25-18)14-6-8-16(21)9-7-14/h3-12H,2,13H2,1H3,(H,22,23). The summed E-state index contributed by atoms with van der Waals surface area (Å²) in [6, 6.07) is 18.8. The number of amides is 1. The smallest absolute Gasteiger partial charge is 0.251 e. The van der Waals surface area contributed by atoms with Gasteiger partial charge in [0.2, 0.25) is 0 Å². The summed E-state index contributed by atoms with van der Waals surface area (Å²) in [7, 11) is 0. The predicted molar refractivity (Wildman–Crippen MR) is 101 cm³/mol. The maximum Gasteiger partial charge on any atom is 0.251 e. The van der Waals surface area contributed by atoms with Gasteiger partial charge in [0, 0.05) is 15.6 Å². The van der Waals surface area contributed by atoms with E-state index in [-0.39, 0.29) is 5.91 Å². The Morgan fingerprint density at radius 1 is 1.12 bits per heavy atom. The molecule has 4 nitrogen and oxygen atoms in total. The van der Waals surface area contributed by atoms with Crippen LogP contribution in [0.5, 0.6) is 5.75 Å². The predicted octanol–water partition coefficient (Wildman–Crippen LogP) is 5.04. The van der Waals surface area contributed by atoms with Crippen LogP contribution >= 0.6 is 15.9 Å². The number of hydrogen-bond acceptors (Lipinski definition) is 3. The van der Waals surface area contributed by atoms with Crippen LogP contribution in [-0.2, 0) is 6.54 Å². The largest absolute Gasteiger partial charge is 0.494 e. The van der Waals surface area contributed by atoms with Crippen LogP contribution in [-0.4, -0.2) is 12.5 Å². The Balaban J connectivity index is 1.63. The highest BCUT2D eigenvalue weighted by atomic mass is 79.9. The number of rotatable bonds is 6. The summed E-state index contributed by atoms with van der Waals surface area (Å²) in [6.45, 7) is 2.80. The van der Waals surface area contributed by atoms with Gasteiger partial charge in [-0.1, -0.05) is 34.1 Å². The number of nitrogens with one attached hydrogen (secondary N) is 1. The van der Waals surface area contributed by atoms with Gasteiger partial charge in [-0.15, -0.1) is 0 Å². The molecular formula is C20H18BrNO3. The van der Waals surface area contributed by atoms with Gasteiger partial charge in [-0.2, -0.15) is 0 Å². The fourth-order valence-electron chi connectivity index (χ4n) is 2.41. The normalized spacial score (nSPS) is 10.5. The average Bonchev–Trinajstić information content (AvgIpc) is 3.10. The zero-order valence-electron chi connectivity index (χ0n) is 13.8. The maximum atomic E-state index is 12.3. The van der Waals surface area contributed by atoms with E-state index >= 15 is 0 Å². The van der Waals surface area contributed by atoms with Crippen molar-refractivity contribution in [2.24, 2.45) is 0 Å². The van der Waals surface area contributed by atoms with Crippen LogP contribution in [0.1, 0.15) is 23.0 Å².